The second-order valence-corrected chi connectivity index (χ2v) is 14.2. The molecule has 0 aliphatic rings. The highest BCUT2D eigenvalue weighted by Gasteiger charge is 2.15. The van der Waals surface area contributed by atoms with Crippen LogP contribution in [0.25, 0.3) is 0 Å². The molecule has 0 aliphatic heterocycles. The fraction of sp³-hybridized carbons (Fsp3) is 1.00. The third-order valence-electron chi connectivity index (χ3n) is 4.23. The van der Waals surface area contributed by atoms with Gasteiger partial charge in [0.05, 0.1) is 0 Å². The van der Waals surface area contributed by atoms with Crippen LogP contribution in [0.2, 0.25) is 19.1 Å². The van der Waals surface area contributed by atoms with Crippen molar-refractivity contribution in [1.82, 2.24) is 0 Å². The van der Waals surface area contributed by atoms with E-state index in [0.29, 0.717) is 0 Å². The van der Waals surface area contributed by atoms with Gasteiger partial charge in [-0.1, -0.05) is 96.6 Å². The summed E-state index contributed by atoms with van der Waals surface area (Å²) in [4.78, 5) is 0. The smallest absolute Gasteiger partial charge is 0.150 e. The highest BCUT2D eigenvalue weighted by molar-refractivity contribution is 7.19. The summed E-state index contributed by atoms with van der Waals surface area (Å²) in [6.45, 7) is 5.38. The zero-order chi connectivity index (χ0) is 15.8. The van der Waals surface area contributed by atoms with Crippen LogP contribution < -0.4 is 5.73 Å². The van der Waals surface area contributed by atoms with Gasteiger partial charge in [-0.25, -0.2) is 0 Å². The summed E-state index contributed by atoms with van der Waals surface area (Å²) in [6, 6.07) is 1.29. The first-order valence-electron chi connectivity index (χ1n) is 9.45. The molecule has 3 heteroatoms. The van der Waals surface area contributed by atoms with Gasteiger partial charge < -0.3 is 5.73 Å². The van der Waals surface area contributed by atoms with Crippen LogP contribution in [0.15, 0.2) is 0 Å². The quantitative estimate of drug-likeness (QED) is 0.186. The van der Waals surface area contributed by atoms with Gasteiger partial charge >= 0.3 is 0 Å². The Hall–Kier alpha value is 0.467. The van der Waals surface area contributed by atoms with Crippen LogP contribution in [0.5, 0.6) is 0 Å². The Labute approximate surface area is 140 Å². The van der Waals surface area contributed by atoms with E-state index < -0.39 is 7.38 Å². The number of unbranched alkanes of at least 4 members (excludes halogenated alkanes) is 13. The minimum atomic E-state index is -1.30. The summed E-state index contributed by atoms with van der Waals surface area (Å²) in [5.74, 6) is 0. The lowest BCUT2D eigenvalue weighted by Crippen LogP contribution is -2.14. The third kappa shape index (κ3) is 20.5. The molecule has 0 spiro atoms. The molecule has 0 fully saturated rings. The van der Waals surface area contributed by atoms with Crippen LogP contribution in [0.3, 0.4) is 0 Å². The van der Waals surface area contributed by atoms with Gasteiger partial charge in [0.25, 0.3) is 0 Å². The molecule has 0 aromatic heterocycles. The lowest BCUT2D eigenvalue weighted by molar-refractivity contribution is 0.536. The Morgan fingerprint density at radius 3 is 1.14 bits per heavy atom. The van der Waals surface area contributed by atoms with Crippen molar-refractivity contribution in [3.05, 3.63) is 0 Å². The van der Waals surface area contributed by atoms with Gasteiger partial charge in [0.2, 0.25) is 0 Å². The van der Waals surface area contributed by atoms with Gasteiger partial charge in [0.15, 0.2) is 0 Å². The molecule has 1 nitrogen and oxygen atoms in total. The molecule has 21 heavy (non-hydrogen) atoms. The Morgan fingerprint density at radius 2 is 0.857 bits per heavy atom. The van der Waals surface area contributed by atoms with Crippen molar-refractivity contribution in [3.63, 3.8) is 0 Å². The van der Waals surface area contributed by atoms with Crippen LogP contribution in [-0.4, -0.2) is 13.9 Å². The lowest BCUT2D eigenvalue weighted by atomic mass is 10.0. The van der Waals surface area contributed by atoms with Gasteiger partial charge in [0, 0.05) is 0 Å². The molecule has 0 unspecified atom stereocenters. The second kappa shape index (κ2) is 15.4. The van der Waals surface area contributed by atoms with Crippen LogP contribution in [0.1, 0.15) is 89.9 Å². The first kappa shape index (κ1) is 21.5. The maximum Gasteiger partial charge on any atom is 0.150 e. The van der Waals surface area contributed by atoms with Crippen LogP contribution in [-0.2, 0) is 0 Å². The van der Waals surface area contributed by atoms with Gasteiger partial charge in [-0.2, -0.15) is 11.1 Å². The van der Waals surface area contributed by atoms with Crippen molar-refractivity contribution in [3.8, 4) is 0 Å². The fourth-order valence-electron chi connectivity index (χ4n) is 2.81. The normalized spacial score (nSPS) is 12.0. The number of hydrogen-bond donors (Lipinski definition) is 1. The van der Waals surface area contributed by atoms with Gasteiger partial charge in [-0.3, -0.25) is 0 Å². The molecule has 0 saturated heterocycles. The molecular formula is C18H40ClNSi. The molecule has 0 atom stereocenters. The summed E-state index contributed by atoms with van der Waals surface area (Å²) < 4.78 is 0. The Morgan fingerprint density at radius 1 is 0.571 bits per heavy atom. The van der Waals surface area contributed by atoms with Gasteiger partial charge in [-0.05, 0) is 19.0 Å². The van der Waals surface area contributed by atoms with E-state index in [4.69, 9.17) is 16.8 Å². The molecule has 0 rings (SSSR count). The highest BCUT2D eigenvalue weighted by Crippen LogP contribution is 2.19. The van der Waals surface area contributed by atoms with E-state index in [9.17, 15) is 0 Å². The summed E-state index contributed by atoms with van der Waals surface area (Å²) in [6.07, 6.45) is 19.6. The van der Waals surface area contributed by atoms with E-state index >= 15 is 0 Å². The molecule has 0 saturated carbocycles. The third-order valence-corrected chi connectivity index (χ3v) is 6.33. The monoisotopic (exact) mass is 333 g/mol. The second-order valence-electron chi connectivity index (χ2n) is 7.21. The van der Waals surface area contributed by atoms with E-state index in [2.05, 4.69) is 13.1 Å². The van der Waals surface area contributed by atoms with E-state index in [1.54, 1.807) is 0 Å². The lowest BCUT2D eigenvalue weighted by Gasteiger charge is -2.11. The average Bonchev–Trinajstić information content (AvgIpc) is 2.42. The minimum absolute atomic E-state index is 0.867. The first-order valence-corrected chi connectivity index (χ1v) is 13.7. The zero-order valence-electron chi connectivity index (χ0n) is 14.8. The Balaban J connectivity index is 3.00. The largest absolute Gasteiger partial charge is 0.330 e. The van der Waals surface area contributed by atoms with Crippen molar-refractivity contribution in [2.75, 3.05) is 6.54 Å². The van der Waals surface area contributed by atoms with Crippen molar-refractivity contribution in [2.24, 2.45) is 5.73 Å². The first-order chi connectivity index (χ1) is 10.1. The average molecular weight is 334 g/mol. The maximum atomic E-state index is 6.32. The zero-order valence-corrected chi connectivity index (χ0v) is 16.5. The van der Waals surface area contributed by atoms with E-state index in [1.807, 2.05) is 0 Å². The molecule has 0 bridgehead atoms. The van der Waals surface area contributed by atoms with Crippen LogP contribution >= 0.6 is 11.1 Å². The highest BCUT2D eigenvalue weighted by atomic mass is 35.6. The molecule has 2 N–H and O–H groups in total. The fourth-order valence-corrected chi connectivity index (χ4v) is 4.30. The van der Waals surface area contributed by atoms with Crippen molar-refractivity contribution in [1.29, 1.82) is 0 Å². The molecular weight excluding hydrogens is 294 g/mol. The number of rotatable bonds is 16. The standard InChI is InChI=1S/C18H40ClNSi/c1-21(2,19)18-16-14-12-10-8-6-4-3-5-7-9-11-13-15-17-20/h3-18,20H2,1-2H3. The molecule has 0 aromatic carbocycles. The summed E-state index contributed by atoms with van der Waals surface area (Å²) >= 11 is 6.32. The van der Waals surface area contributed by atoms with Crippen LogP contribution in [0, 0.1) is 0 Å². The van der Waals surface area contributed by atoms with E-state index in [1.165, 1.54) is 95.9 Å². The molecule has 128 valence electrons. The van der Waals surface area contributed by atoms with Crippen molar-refractivity contribution < 1.29 is 0 Å². The molecule has 0 heterocycles. The maximum absolute atomic E-state index is 6.32. The summed E-state index contributed by atoms with van der Waals surface area (Å²) in [5.41, 5.74) is 5.49. The molecule has 0 radical (unpaired) electrons. The number of nitrogens with two attached hydrogens (primary N) is 1. The molecule has 0 aliphatic carbocycles. The topological polar surface area (TPSA) is 26.0 Å². The minimum Gasteiger partial charge on any atom is -0.330 e. The Bertz CT molecular complexity index is 204. The van der Waals surface area contributed by atoms with E-state index in [-0.39, 0.29) is 0 Å². The van der Waals surface area contributed by atoms with Crippen LogP contribution in [0.4, 0.5) is 0 Å². The molecule has 0 amide bonds. The van der Waals surface area contributed by atoms with Gasteiger partial charge in [-0.15, -0.1) is 0 Å². The summed E-state index contributed by atoms with van der Waals surface area (Å²) in [7, 11) is -1.30. The van der Waals surface area contributed by atoms with Crippen molar-refractivity contribution >= 4 is 18.5 Å². The van der Waals surface area contributed by atoms with Gasteiger partial charge in [0.1, 0.15) is 7.38 Å². The van der Waals surface area contributed by atoms with Crippen molar-refractivity contribution in [2.45, 2.75) is 109 Å². The molecule has 0 aromatic rings. The number of hydrogen-bond acceptors (Lipinski definition) is 1. The predicted molar refractivity (Wildman–Crippen MR) is 102 cm³/mol. The Kier molecular flexibility index (Phi) is 15.7. The number of halogens is 1. The van der Waals surface area contributed by atoms with E-state index in [0.717, 1.165) is 6.54 Å². The predicted octanol–water partition coefficient (Wildman–Crippen LogP) is 6.85. The SMILES string of the molecule is C[Si](C)(Cl)CCCCCCCCCCCCCCCCN. The summed E-state index contributed by atoms with van der Waals surface area (Å²) in [5, 5.41) is 0.